The van der Waals surface area contributed by atoms with Gasteiger partial charge in [0.15, 0.2) is 0 Å². The number of hydrogen-bond acceptors (Lipinski definition) is 5. The minimum atomic E-state index is -0.701. The normalized spacial score (nSPS) is 11.2. The largest absolute Gasteiger partial charge is 0.511 e. The third-order valence-corrected chi connectivity index (χ3v) is 5.85. The van der Waals surface area contributed by atoms with Gasteiger partial charge in [-0.25, -0.2) is 0 Å². The number of halogens is 1. The van der Waals surface area contributed by atoms with Crippen molar-refractivity contribution in [3.63, 3.8) is 0 Å². The lowest BCUT2D eigenvalue weighted by Gasteiger charge is -2.18. The number of carbonyl (C=O) groups excluding carboxylic acids is 4. The highest BCUT2D eigenvalue weighted by Gasteiger charge is 2.19. The lowest BCUT2D eigenvalue weighted by Crippen LogP contribution is -2.36. The summed E-state index contributed by atoms with van der Waals surface area (Å²) in [4.78, 5) is 47.1. The van der Waals surface area contributed by atoms with Crippen LogP contribution >= 0.6 is 11.6 Å². The Morgan fingerprint density at radius 1 is 1.05 bits per heavy atom. The lowest BCUT2D eigenvalue weighted by atomic mass is 10.1. The topological polar surface area (TPSA) is 137 Å². The molecular formula is C27H33ClN4O5. The molecule has 2 aromatic carbocycles. The van der Waals surface area contributed by atoms with Gasteiger partial charge in [-0.1, -0.05) is 48.0 Å². The lowest BCUT2D eigenvalue weighted by molar-refractivity contribution is -0.121. The molecule has 10 heteroatoms. The van der Waals surface area contributed by atoms with Crippen molar-refractivity contribution < 1.29 is 24.3 Å². The summed E-state index contributed by atoms with van der Waals surface area (Å²) in [6, 6.07) is 11.5. The second-order valence-electron chi connectivity index (χ2n) is 8.55. The number of aryl methyl sites for hydroxylation is 1. The molecule has 0 aliphatic rings. The Balaban J connectivity index is 1.84. The van der Waals surface area contributed by atoms with Gasteiger partial charge in [0.05, 0.1) is 16.6 Å². The van der Waals surface area contributed by atoms with Crippen molar-refractivity contribution in [2.24, 2.45) is 0 Å². The van der Waals surface area contributed by atoms with Gasteiger partial charge < -0.3 is 26.4 Å². The van der Waals surface area contributed by atoms with Crippen LogP contribution in [0.25, 0.3) is 0 Å². The quantitative estimate of drug-likeness (QED) is 0.137. The van der Waals surface area contributed by atoms with Gasteiger partial charge in [-0.3, -0.25) is 19.2 Å². The van der Waals surface area contributed by atoms with Crippen molar-refractivity contribution in [1.82, 2.24) is 21.3 Å². The Bertz CT molecular complexity index is 1120. The molecule has 1 atom stereocenters. The van der Waals surface area contributed by atoms with Gasteiger partial charge in [0.2, 0.25) is 12.3 Å². The summed E-state index contributed by atoms with van der Waals surface area (Å²) >= 11 is 6.30. The van der Waals surface area contributed by atoms with E-state index in [1.807, 2.05) is 31.2 Å². The van der Waals surface area contributed by atoms with Crippen LogP contribution in [0.4, 0.5) is 0 Å². The van der Waals surface area contributed by atoms with Crippen molar-refractivity contribution >= 4 is 35.7 Å². The summed E-state index contributed by atoms with van der Waals surface area (Å²) in [5, 5.41) is 20.7. The van der Waals surface area contributed by atoms with Crippen LogP contribution in [-0.4, -0.2) is 48.4 Å². The molecule has 0 saturated heterocycles. The molecular weight excluding hydrogens is 496 g/mol. The van der Waals surface area contributed by atoms with Gasteiger partial charge in [0, 0.05) is 31.6 Å². The number of benzene rings is 2. The van der Waals surface area contributed by atoms with E-state index in [0.29, 0.717) is 44.3 Å². The molecule has 0 aliphatic carbocycles. The molecule has 2 rings (SSSR count). The van der Waals surface area contributed by atoms with E-state index in [-0.39, 0.29) is 41.1 Å². The highest BCUT2D eigenvalue weighted by molar-refractivity contribution is 6.34. The summed E-state index contributed by atoms with van der Waals surface area (Å²) in [5.74, 6) is -1.19. The van der Waals surface area contributed by atoms with Crippen molar-refractivity contribution in [2.45, 2.75) is 45.2 Å². The SMILES string of the molecule is C=C(O)[C@H](CCCCNC(=O)CCNC=O)NC(=O)c1ccc(C(=O)NCc2cccc(C)c2)cc1Cl. The molecule has 198 valence electrons. The van der Waals surface area contributed by atoms with Crippen LogP contribution in [0.1, 0.15) is 57.5 Å². The second kappa shape index (κ2) is 15.3. The van der Waals surface area contributed by atoms with Gasteiger partial charge in [0.1, 0.15) is 5.76 Å². The van der Waals surface area contributed by atoms with Gasteiger partial charge in [0.25, 0.3) is 11.8 Å². The van der Waals surface area contributed by atoms with Crippen molar-refractivity contribution in [2.75, 3.05) is 13.1 Å². The molecule has 0 saturated carbocycles. The average Bonchev–Trinajstić information content (AvgIpc) is 2.86. The average molecular weight is 529 g/mol. The Morgan fingerprint density at radius 2 is 1.84 bits per heavy atom. The molecule has 37 heavy (non-hydrogen) atoms. The number of hydrogen-bond donors (Lipinski definition) is 5. The third kappa shape index (κ3) is 10.3. The first-order valence-corrected chi connectivity index (χ1v) is 12.3. The van der Waals surface area contributed by atoms with Gasteiger partial charge in [-0.15, -0.1) is 0 Å². The van der Waals surface area contributed by atoms with Crippen LogP contribution in [0.3, 0.4) is 0 Å². The molecule has 0 aliphatic heterocycles. The van der Waals surface area contributed by atoms with E-state index < -0.39 is 11.9 Å². The first-order valence-electron chi connectivity index (χ1n) is 12.0. The number of amides is 4. The molecule has 0 radical (unpaired) electrons. The molecule has 2 aromatic rings. The highest BCUT2D eigenvalue weighted by atomic mass is 35.5. The number of unbranched alkanes of at least 4 members (excludes halogenated alkanes) is 1. The number of rotatable bonds is 15. The van der Waals surface area contributed by atoms with Crippen LogP contribution in [0.2, 0.25) is 5.02 Å². The van der Waals surface area contributed by atoms with Crippen LogP contribution in [0.5, 0.6) is 0 Å². The van der Waals surface area contributed by atoms with Crippen molar-refractivity contribution in [3.05, 3.63) is 82.1 Å². The maximum Gasteiger partial charge on any atom is 0.253 e. The van der Waals surface area contributed by atoms with Crippen LogP contribution in [0, 0.1) is 6.92 Å². The zero-order valence-corrected chi connectivity index (χ0v) is 21.6. The number of carbonyl (C=O) groups is 4. The van der Waals surface area contributed by atoms with Gasteiger partial charge in [-0.05, 0) is 49.9 Å². The van der Waals surface area contributed by atoms with Crippen LogP contribution < -0.4 is 21.3 Å². The van der Waals surface area contributed by atoms with Gasteiger partial charge >= 0.3 is 0 Å². The molecule has 0 bridgehead atoms. The van der Waals surface area contributed by atoms with Crippen LogP contribution in [0.15, 0.2) is 54.8 Å². The molecule has 0 heterocycles. The molecule has 9 nitrogen and oxygen atoms in total. The van der Waals surface area contributed by atoms with Gasteiger partial charge in [-0.2, -0.15) is 0 Å². The standard InChI is InChI=1S/C27H33ClN4O5/c1-18-6-5-7-20(14-18)16-31-26(36)21-9-10-22(23(28)15-21)27(37)32-24(19(2)34)8-3-4-12-30-25(35)11-13-29-17-33/h5-7,9-10,14-15,17,24,34H,2-4,8,11-13,16H2,1H3,(H,29,33)(H,30,35)(H,31,36)(H,32,37)/t24-/m0/s1. The van der Waals surface area contributed by atoms with E-state index in [9.17, 15) is 24.3 Å². The number of aliphatic hydroxyl groups excluding tert-OH is 1. The maximum absolute atomic E-state index is 12.8. The van der Waals surface area contributed by atoms with E-state index in [1.54, 1.807) is 0 Å². The van der Waals surface area contributed by atoms with E-state index in [4.69, 9.17) is 11.6 Å². The molecule has 4 amide bonds. The minimum Gasteiger partial charge on any atom is -0.511 e. The third-order valence-electron chi connectivity index (χ3n) is 5.54. The van der Waals surface area contributed by atoms with Crippen molar-refractivity contribution in [1.29, 1.82) is 0 Å². The summed E-state index contributed by atoms with van der Waals surface area (Å²) in [7, 11) is 0. The first-order chi connectivity index (χ1) is 17.7. The van der Waals surface area contributed by atoms with E-state index >= 15 is 0 Å². The number of nitrogens with one attached hydrogen (secondary N) is 4. The highest BCUT2D eigenvalue weighted by Crippen LogP contribution is 2.19. The monoisotopic (exact) mass is 528 g/mol. The zero-order chi connectivity index (χ0) is 27.2. The molecule has 0 spiro atoms. The molecule has 0 aromatic heterocycles. The summed E-state index contributed by atoms with van der Waals surface area (Å²) in [6.07, 6.45) is 2.36. The maximum atomic E-state index is 12.8. The van der Waals surface area contributed by atoms with E-state index in [1.165, 1.54) is 18.2 Å². The number of aliphatic hydroxyl groups is 1. The second-order valence-corrected chi connectivity index (χ2v) is 8.96. The first kappa shape index (κ1) is 29.4. The fourth-order valence-corrected chi connectivity index (χ4v) is 3.81. The fraction of sp³-hybridized carbons (Fsp3) is 0.333. The van der Waals surface area contributed by atoms with Crippen LogP contribution in [-0.2, 0) is 16.1 Å². The Kier molecular flexibility index (Phi) is 12.2. The summed E-state index contributed by atoms with van der Waals surface area (Å²) in [6.45, 7) is 6.57. The summed E-state index contributed by atoms with van der Waals surface area (Å²) < 4.78 is 0. The van der Waals surface area contributed by atoms with Crippen molar-refractivity contribution in [3.8, 4) is 0 Å². The Hall–Kier alpha value is -3.85. The van der Waals surface area contributed by atoms with E-state index in [0.717, 1.165) is 11.1 Å². The predicted molar refractivity (Wildman–Crippen MR) is 142 cm³/mol. The predicted octanol–water partition coefficient (Wildman–Crippen LogP) is 3.17. The molecule has 5 N–H and O–H groups in total. The Labute approximate surface area is 221 Å². The van der Waals surface area contributed by atoms with E-state index in [2.05, 4.69) is 27.8 Å². The molecule has 0 fully saturated rings. The zero-order valence-electron chi connectivity index (χ0n) is 20.8. The molecule has 0 unspecified atom stereocenters. The fourth-order valence-electron chi connectivity index (χ4n) is 3.54. The smallest absolute Gasteiger partial charge is 0.253 e. The Morgan fingerprint density at radius 3 is 2.51 bits per heavy atom. The summed E-state index contributed by atoms with van der Waals surface area (Å²) in [5.41, 5.74) is 2.56. The minimum absolute atomic E-state index is 0.106.